The zero-order chi connectivity index (χ0) is 11.5. The fourth-order valence-electron chi connectivity index (χ4n) is 1.80. The molecule has 82 valence electrons. The van der Waals surface area contributed by atoms with Gasteiger partial charge < -0.3 is 0 Å². The zero-order valence-electron chi connectivity index (χ0n) is 9.08. The van der Waals surface area contributed by atoms with E-state index in [1.54, 1.807) is 23.9 Å². The van der Waals surface area contributed by atoms with Crippen LogP contribution in [-0.4, -0.2) is 9.97 Å². The van der Waals surface area contributed by atoms with Crippen LogP contribution >= 0.6 is 11.3 Å². The van der Waals surface area contributed by atoms with Gasteiger partial charge in [-0.05, 0) is 17.5 Å². The summed E-state index contributed by atoms with van der Waals surface area (Å²) in [5.74, 6) is 0. The smallest absolute Gasteiger partial charge is 0.116 e. The largest absolute Gasteiger partial charge is 0.245 e. The molecule has 0 fully saturated rings. The topological polar surface area (TPSA) is 25.8 Å². The van der Waals surface area contributed by atoms with Gasteiger partial charge in [-0.15, -0.1) is 11.3 Å². The minimum absolute atomic E-state index is 0.962. The van der Waals surface area contributed by atoms with Crippen molar-refractivity contribution in [3.05, 3.63) is 60.4 Å². The van der Waals surface area contributed by atoms with Gasteiger partial charge in [0.25, 0.3) is 0 Å². The van der Waals surface area contributed by atoms with E-state index in [0.717, 1.165) is 11.3 Å². The number of rotatable bonds is 2. The van der Waals surface area contributed by atoms with Crippen LogP contribution in [0, 0.1) is 0 Å². The Balaban J connectivity index is 2.18. The number of hydrogen-bond acceptors (Lipinski definition) is 3. The van der Waals surface area contributed by atoms with Crippen molar-refractivity contribution in [2.24, 2.45) is 0 Å². The second kappa shape index (κ2) is 4.47. The van der Waals surface area contributed by atoms with Crippen LogP contribution in [0.5, 0.6) is 0 Å². The van der Waals surface area contributed by atoms with Crippen LogP contribution in [0.4, 0.5) is 0 Å². The Kier molecular flexibility index (Phi) is 2.68. The van der Waals surface area contributed by atoms with Gasteiger partial charge in [-0.1, -0.05) is 30.3 Å². The Morgan fingerprint density at radius 3 is 2.47 bits per heavy atom. The second-order valence-electron chi connectivity index (χ2n) is 3.62. The highest BCUT2D eigenvalue weighted by Crippen LogP contribution is 2.33. The van der Waals surface area contributed by atoms with Gasteiger partial charge in [0.15, 0.2) is 0 Å². The van der Waals surface area contributed by atoms with E-state index in [1.165, 1.54) is 10.4 Å². The summed E-state index contributed by atoms with van der Waals surface area (Å²) < 4.78 is 0. The van der Waals surface area contributed by atoms with E-state index in [2.05, 4.69) is 45.7 Å². The average molecular weight is 238 g/mol. The van der Waals surface area contributed by atoms with E-state index < -0.39 is 0 Å². The lowest BCUT2D eigenvalue weighted by Gasteiger charge is -2.06. The molecule has 17 heavy (non-hydrogen) atoms. The maximum absolute atomic E-state index is 4.31. The fraction of sp³-hybridized carbons (Fsp3) is 0. The summed E-state index contributed by atoms with van der Waals surface area (Å²) in [6, 6.07) is 14.4. The predicted molar refractivity (Wildman–Crippen MR) is 70.8 cm³/mol. The Bertz CT molecular complexity index is 603. The minimum atomic E-state index is 0.962. The quantitative estimate of drug-likeness (QED) is 0.677. The molecule has 3 rings (SSSR count). The monoisotopic (exact) mass is 238 g/mol. The number of hydrogen-bond donors (Lipinski definition) is 0. The Hall–Kier alpha value is -2.00. The van der Waals surface area contributed by atoms with E-state index in [-0.39, 0.29) is 0 Å². The molecule has 0 N–H and O–H groups in total. The second-order valence-corrected chi connectivity index (χ2v) is 4.57. The molecule has 0 unspecified atom stereocenters. The maximum atomic E-state index is 4.31. The molecule has 0 aliphatic heterocycles. The molecular weight excluding hydrogens is 228 g/mol. The van der Waals surface area contributed by atoms with Gasteiger partial charge in [0.2, 0.25) is 0 Å². The lowest BCUT2D eigenvalue weighted by molar-refractivity contribution is 1.17. The van der Waals surface area contributed by atoms with Crippen LogP contribution in [0.15, 0.2) is 60.4 Å². The molecule has 0 saturated carbocycles. The first kappa shape index (κ1) is 10.2. The molecule has 0 atom stereocenters. The number of aromatic nitrogens is 2. The molecule has 1 aromatic carbocycles. The predicted octanol–water partition coefficient (Wildman–Crippen LogP) is 3.87. The van der Waals surface area contributed by atoms with Crippen LogP contribution in [0.3, 0.4) is 0 Å². The van der Waals surface area contributed by atoms with Crippen molar-refractivity contribution in [2.45, 2.75) is 0 Å². The third-order valence-electron chi connectivity index (χ3n) is 2.57. The Morgan fingerprint density at radius 1 is 0.882 bits per heavy atom. The summed E-state index contributed by atoms with van der Waals surface area (Å²) >= 11 is 1.74. The molecule has 0 spiro atoms. The molecule has 0 bridgehead atoms. The van der Waals surface area contributed by atoms with Crippen molar-refractivity contribution in [3.8, 4) is 21.7 Å². The van der Waals surface area contributed by atoms with Crippen molar-refractivity contribution in [2.75, 3.05) is 0 Å². The molecule has 3 heteroatoms. The molecule has 0 radical (unpaired) electrons. The molecule has 2 nitrogen and oxygen atoms in total. The first-order valence-corrected chi connectivity index (χ1v) is 6.22. The van der Waals surface area contributed by atoms with Gasteiger partial charge in [-0.3, -0.25) is 0 Å². The molecule has 3 aromatic rings. The lowest BCUT2D eigenvalue weighted by Crippen LogP contribution is -1.86. The van der Waals surface area contributed by atoms with Gasteiger partial charge in [0.1, 0.15) is 6.33 Å². The molecule has 0 amide bonds. The standard InChI is InChI=1S/C14H10N2S/c1-2-5-12(14-6-3-9-17-14)11(4-1)13-7-8-15-10-16-13/h1-10H. The highest BCUT2D eigenvalue weighted by Gasteiger charge is 2.07. The number of thiophene rings is 1. The van der Waals surface area contributed by atoms with Gasteiger partial charge in [-0.25, -0.2) is 9.97 Å². The summed E-state index contributed by atoms with van der Waals surface area (Å²) in [5.41, 5.74) is 3.34. The van der Waals surface area contributed by atoms with Crippen LogP contribution in [0.25, 0.3) is 21.7 Å². The van der Waals surface area contributed by atoms with Crippen LogP contribution in [0.2, 0.25) is 0 Å². The third-order valence-corrected chi connectivity index (χ3v) is 3.47. The molecule has 2 heterocycles. The van der Waals surface area contributed by atoms with Gasteiger partial charge in [0, 0.05) is 22.2 Å². The first-order valence-electron chi connectivity index (χ1n) is 5.34. The van der Waals surface area contributed by atoms with Crippen molar-refractivity contribution in [1.82, 2.24) is 9.97 Å². The summed E-state index contributed by atoms with van der Waals surface area (Å²) in [4.78, 5) is 9.53. The van der Waals surface area contributed by atoms with Crippen molar-refractivity contribution in [1.29, 1.82) is 0 Å². The number of benzene rings is 1. The summed E-state index contributed by atoms with van der Waals surface area (Å²) in [7, 11) is 0. The summed E-state index contributed by atoms with van der Waals surface area (Å²) in [5, 5.41) is 2.09. The number of nitrogens with zero attached hydrogens (tertiary/aromatic N) is 2. The fourth-order valence-corrected chi connectivity index (χ4v) is 2.57. The Morgan fingerprint density at radius 2 is 1.76 bits per heavy atom. The van der Waals surface area contributed by atoms with Crippen LogP contribution in [-0.2, 0) is 0 Å². The van der Waals surface area contributed by atoms with Crippen molar-refractivity contribution < 1.29 is 0 Å². The SMILES string of the molecule is c1csc(-c2ccccc2-c2ccncn2)c1. The third kappa shape index (κ3) is 1.97. The van der Waals surface area contributed by atoms with E-state index in [9.17, 15) is 0 Å². The molecular formula is C14H10N2S. The van der Waals surface area contributed by atoms with Gasteiger partial charge >= 0.3 is 0 Å². The van der Waals surface area contributed by atoms with Gasteiger partial charge in [0.05, 0.1) is 5.69 Å². The van der Waals surface area contributed by atoms with Crippen molar-refractivity contribution in [3.63, 3.8) is 0 Å². The molecule has 0 saturated heterocycles. The van der Waals surface area contributed by atoms with Crippen molar-refractivity contribution >= 4 is 11.3 Å². The highest BCUT2D eigenvalue weighted by atomic mass is 32.1. The Labute approximate surface area is 104 Å². The molecule has 0 aliphatic rings. The van der Waals surface area contributed by atoms with E-state index in [1.807, 2.05) is 12.1 Å². The maximum Gasteiger partial charge on any atom is 0.116 e. The van der Waals surface area contributed by atoms with Crippen LogP contribution in [0.1, 0.15) is 0 Å². The summed E-state index contributed by atoms with van der Waals surface area (Å²) in [6.07, 6.45) is 3.36. The highest BCUT2D eigenvalue weighted by molar-refractivity contribution is 7.13. The van der Waals surface area contributed by atoms with Gasteiger partial charge in [-0.2, -0.15) is 0 Å². The lowest BCUT2D eigenvalue weighted by atomic mass is 10.0. The van der Waals surface area contributed by atoms with E-state index >= 15 is 0 Å². The van der Waals surface area contributed by atoms with Crippen LogP contribution < -0.4 is 0 Å². The zero-order valence-corrected chi connectivity index (χ0v) is 9.89. The normalized spacial score (nSPS) is 10.4. The average Bonchev–Trinajstić information content (AvgIpc) is 2.94. The van der Waals surface area contributed by atoms with E-state index in [4.69, 9.17) is 0 Å². The molecule has 2 aromatic heterocycles. The molecule has 0 aliphatic carbocycles. The first-order chi connectivity index (χ1) is 8.45. The van der Waals surface area contributed by atoms with E-state index in [0.29, 0.717) is 0 Å². The minimum Gasteiger partial charge on any atom is -0.245 e. The summed E-state index contributed by atoms with van der Waals surface area (Å²) in [6.45, 7) is 0.